The summed E-state index contributed by atoms with van der Waals surface area (Å²) in [7, 11) is 0. The molecular weight excluding hydrogens is 306 g/mol. The van der Waals surface area contributed by atoms with Crippen LogP contribution < -0.4 is 10.6 Å². The summed E-state index contributed by atoms with van der Waals surface area (Å²) in [4.78, 5) is 25.6. The topological polar surface area (TPSA) is 70.7 Å². The van der Waals surface area contributed by atoms with E-state index >= 15 is 0 Å². The van der Waals surface area contributed by atoms with Crippen LogP contribution in [0, 0.1) is 0 Å². The molecule has 1 aromatic carbocycles. The number of amides is 2. The van der Waals surface area contributed by atoms with E-state index in [0.29, 0.717) is 31.3 Å². The average Bonchev–Trinajstić information content (AvgIpc) is 2.54. The minimum atomic E-state index is -0.651. The van der Waals surface area contributed by atoms with Gasteiger partial charge in [-0.25, -0.2) is 0 Å². The molecule has 2 rings (SSSR count). The highest BCUT2D eigenvalue weighted by molar-refractivity contribution is 6.35. The maximum absolute atomic E-state index is 11.7. The van der Waals surface area contributed by atoms with Crippen LogP contribution >= 0.6 is 11.6 Å². The van der Waals surface area contributed by atoms with Crippen molar-refractivity contribution in [3.05, 3.63) is 34.9 Å². The van der Waals surface area contributed by atoms with E-state index < -0.39 is 11.8 Å². The Hall–Kier alpha value is -1.63. The standard InChI is InChI=1S/C15H20ClN3O3/c16-13-4-2-1-3-12(13)11-18-15(21)14(20)17-5-6-19-7-9-22-10-8-19/h1-4H,5-11H2,(H,17,20)(H,18,21). The van der Waals surface area contributed by atoms with Crippen LogP contribution in [0.2, 0.25) is 5.02 Å². The summed E-state index contributed by atoms with van der Waals surface area (Å²) in [5.74, 6) is -1.28. The number of nitrogens with zero attached hydrogens (tertiary/aromatic N) is 1. The number of carbonyl (C=O) groups excluding carboxylic acids is 2. The molecule has 0 atom stereocenters. The molecule has 0 radical (unpaired) electrons. The summed E-state index contributed by atoms with van der Waals surface area (Å²) < 4.78 is 5.25. The minimum Gasteiger partial charge on any atom is -0.379 e. The summed E-state index contributed by atoms with van der Waals surface area (Å²) in [5, 5.41) is 5.74. The molecule has 1 aromatic rings. The second kappa shape index (κ2) is 8.73. The fraction of sp³-hybridized carbons (Fsp3) is 0.467. The highest BCUT2D eigenvalue weighted by Crippen LogP contribution is 2.14. The summed E-state index contributed by atoms with van der Waals surface area (Å²) in [6.07, 6.45) is 0. The lowest BCUT2D eigenvalue weighted by Crippen LogP contribution is -2.44. The number of carbonyl (C=O) groups is 2. The van der Waals surface area contributed by atoms with Crippen molar-refractivity contribution >= 4 is 23.4 Å². The van der Waals surface area contributed by atoms with E-state index in [0.717, 1.165) is 18.7 Å². The van der Waals surface area contributed by atoms with Crippen molar-refractivity contribution in [1.29, 1.82) is 0 Å². The first-order chi connectivity index (χ1) is 10.7. The van der Waals surface area contributed by atoms with Crippen molar-refractivity contribution in [2.24, 2.45) is 0 Å². The molecule has 2 N–H and O–H groups in total. The van der Waals surface area contributed by atoms with Gasteiger partial charge in [-0.2, -0.15) is 0 Å². The molecule has 0 saturated carbocycles. The summed E-state index contributed by atoms with van der Waals surface area (Å²) in [6.45, 7) is 4.53. The van der Waals surface area contributed by atoms with Gasteiger partial charge in [-0.1, -0.05) is 29.8 Å². The summed E-state index contributed by atoms with van der Waals surface area (Å²) in [5.41, 5.74) is 0.777. The van der Waals surface area contributed by atoms with Gasteiger partial charge in [-0.05, 0) is 11.6 Å². The Labute approximate surface area is 134 Å². The number of rotatable bonds is 5. The molecule has 7 heteroatoms. The van der Waals surface area contributed by atoms with Gasteiger partial charge in [0.15, 0.2) is 0 Å². The van der Waals surface area contributed by atoms with Crippen LogP contribution in [0.1, 0.15) is 5.56 Å². The van der Waals surface area contributed by atoms with Crippen LogP contribution in [-0.4, -0.2) is 56.1 Å². The molecule has 0 bridgehead atoms. The number of morpholine rings is 1. The first-order valence-electron chi connectivity index (χ1n) is 7.26. The zero-order chi connectivity index (χ0) is 15.8. The van der Waals surface area contributed by atoms with Crippen LogP contribution in [0.3, 0.4) is 0 Å². The third-order valence-electron chi connectivity index (χ3n) is 3.42. The molecule has 0 aromatic heterocycles. The van der Waals surface area contributed by atoms with Gasteiger partial charge in [0, 0.05) is 37.7 Å². The maximum atomic E-state index is 11.7. The van der Waals surface area contributed by atoms with Crippen molar-refractivity contribution in [3.8, 4) is 0 Å². The lowest BCUT2D eigenvalue weighted by atomic mass is 10.2. The molecule has 0 spiro atoms. The predicted molar refractivity (Wildman–Crippen MR) is 83.6 cm³/mol. The lowest BCUT2D eigenvalue weighted by Gasteiger charge is -2.26. The maximum Gasteiger partial charge on any atom is 0.309 e. The summed E-state index contributed by atoms with van der Waals surface area (Å²) in [6, 6.07) is 7.19. The van der Waals surface area contributed by atoms with Crippen molar-refractivity contribution in [3.63, 3.8) is 0 Å². The van der Waals surface area contributed by atoms with Gasteiger partial charge < -0.3 is 15.4 Å². The first kappa shape index (κ1) is 16.7. The number of benzene rings is 1. The second-order valence-corrected chi connectivity index (χ2v) is 5.39. The Morgan fingerprint density at radius 3 is 2.55 bits per heavy atom. The van der Waals surface area contributed by atoms with E-state index in [-0.39, 0.29) is 6.54 Å². The van der Waals surface area contributed by atoms with Crippen molar-refractivity contribution in [2.75, 3.05) is 39.4 Å². The van der Waals surface area contributed by atoms with Gasteiger partial charge in [-0.3, -0.25) is 14.5 Å². The zero-order valence-electron chi connectivity index (χ0n) is 12.3. The highest BCUT2D eigenvalue weighted by Gasteiger charge is 2.14. The zero-order valence-corrected chi connectivity index (χ0v) is 13.1. The largest absolute Gasteiger partial charge is 0.379 e. The summed E-state index contributed by atoms with van der Waals surface area (Å²) >= 11 is 5.99. The molecule has 2 amide bonds. The molecule has 6 nitrogen and oxygen atoms in total. The quantitative estimate of drug-likeness (QED) is 0.769. The van der Waals surface area contributed by atoms with Gasteiger partial charge >= 0.3 is 11.8 Å². The Balaban J connectivity index is 1.66. The Kier molecular flexibility index (Phi) is 6.64. The monoisotopic (exact) mass is 325 g/mol. The van der Waals surface area contributed by atoms with E-state index in [9.17, 15) is 9.59 Å². The Bertz CT molecular complexity index is 519. The molecule has 1 aliphatic rings. The van der Waals surface area contributed by atoms with Gasteiger partial charge in [-0.15, -0.1) is 0 Å². The molecule has 1 fully saturated rings. The average molecular weight is 326 g/mol. The van der Waals surface area contributed by atoms with E-state index in [2.05, 4.69) is 15.5 Å². The van der Waals surface area contributed by atoms with Crippen LogP contribution in [0.25, 0.3) is 0 Å². The van der Waals surface area contributed by atoms with E-state index in [4.69, 9.17) is 16.3 Å². The number of nitrogens with one attached hydrogen (secondary N) is 2. The fourth-order valence-corrected chi connectivity index (χ4v) is 2.33. The van der Waals surface area contributed by atoms with Crippen LogP contribution in [0.4, 0.5) is 0 Å². The third kappa shape index (κ3) is 5.29. The van der Waals surface area contributed by atoms with Gasteiger partial charge in [0.25, 0.3) is 0 Å². The van der Waals surface area contributed by atoms with Crippen LogP contribution in [-0.2, 0) is 20.9 Å². The van der Waals surface area contributed by atoms with Crippen molar-refractivity contribution < 1.29 is 14.3 Å². The van der Waals surface area contributed by atoms with Gasteiger partial charge in [0.05, 0.1) is 13.2 Å². The van der Waals surface area contributed by atoms with E-state index in [1.54, 1.807) is 12.1 Å². The Morgan fingerprint density at radius 1 is 1.14 bits per heavy atom. The Morgan fingerprint density at radius 2 is 1.82 bits per heavy atom. The second-order valence-electron chi connectivity index (χ2n) is 4.98. The molecule has 1 heterocycles. The highest BCUT2D eigenvalue weighted by atomic mass is 35.5. The number of hydrogen-bond donors (Lipinski definition) is 2. The third-order valence-corrected chi connectivity index (χ3v) is 3.79. The smallest absolute Gasteiger partial charge is 0.309 e. The van der Waals surface area contributed by atoms with Gasteiger partial charge in [0.2, 0.25) is 0 Å². The molecule has 120 valence electrons. The number of ether oxygens (including phenoxy) is 1. The molecule has 1 aliphatic heterocycles. The normalized spacial score (nSPS) is 15.3. The molecule has 22 heavy (non-hydrogen) atoms. The lowest BCUT2D eigenvalue weighted by molar-refractivity contribution is -0.139. The van der Waals surface area contributed by atoms with Gasteiger partial charge in [0.1, 0.15) is 0 Å². The van der Waals surface area contributed by atoms with E-state index in [1.165, 1.54) is 0 Å². The SMILES string of the molecule is O=C(NCCN1CCOCC1)C(=O)NCc1ccccc1Cl. The molecule has 0 aliphatic carbocycles. The van der Waals surface area contributed by atoms with Crippen molar-refractivity contribution in [2.45, 2.75) is 6.54 Å². The number of hydrogen-bond acceptors (Lipinski definition) is 4. The van der Waals surface area contributed by atoms with Crippen LogP contribution in [0.5, 0.6) is 0 Å². The predicted octanol–water partition coefficient (Wildman–Crippen LogP) is 0.405. The molecule has 0 unspecified atom stereocenters. The fourth-order valence-electron chi connectivity index (χ4n) is 2.13. The van der Waals surface area contributed by atoms with Crippen LogP contribution in [0.15, 0.2) is 24.3 Å². The molecule has 1 saturated heterocycles. The molecular formula is C15H20ClN3O3. The van der Waals surface area contributed by atoms with E-state index in [1.807, 2.05) is 12.1 Å². The first-order valence-corrected chi connectivity index (χ1v) is 7.64. The van der Waals surface area contributed by atoms with Crippen molar-refractivity contribution in [1.82, 2.24) is 15.5 Å². The number of halogens is 1. The minimum absolute atomic E-state index is 0.232.